The van der Waals surface area contributed by atoms with Gasteiger partial charge in [0, 0.05) is 24.2 Å². The molecular formula is C10H13ClN2O2S. The third kappa shape index (κ3) is 2.22. The van der Waals surface area contributed by atoms with Crippen molar-refractivity contribution in [3.8, 4) is 0 Å². The largest absolute Gasteiger partial charge is 0.326 e. The summed E-state index contributed by atoms with van der Waals surface area (Å²) >= 11 is 5.78. The van der Waals surface area contributed by atoms with Gasteiger partial charge < -0.3 is 5.73 Å². The van der Waals surface area contributed by atoms with E-state index in [4.69, 9.17) is 17.3 Å². The zero-order valence-corrected chi connectivity index (χ0v) is 10.2. The molecule has 0 unspecified atom stereocenters. The van der Waals surface area contributed by atoms with Crippen LogP contribution in [0.25, 0.3) is 0 Å². The van der Waals surface area contributed by atoms with Crippen LogP contribution in [0.2, 0.25) is 5.02 Å². The Bertz CT molecular complexity index is 489. The molecule has 88 valence electrons. The van der Waals surface area contributed by atoms with Crippen LogP contribution in [0.5, 0.6) is 0 Å². The number of hydrogen-bond acceptors (Lipinski definition) is 3. The van der Waals surface area contributed by atoms with Gasteiger partial charge in [-0.15, -0.1) is 0 Å². The molecule has 4 nitrogen and oxygen atoms in total. The lowest BCUT2D eigenvalue weighted by Crippen LogP contribution is -2.31. The van der Waals surface area contributed by atoms with Gasteiger partial charge in [-0.3, -0.25) is 0 Å². The van der Waals surface area contributed by atoms with Gasteiger partial charge in [0.1, 0.15) is 0 Å². The first-order valence-corrected chi connectivity index (χ1v) is 6.83. The van der Waals surface area contributed by atoms with Crippen LogP contribution >= 0.6 is 11.6 Å². The number of sulfonamides is 1. The molecule has 1 fully saturated rings. The summed E-state index contributed by atoms with van der Waals surface area (Å²) in [4.78, 5) is 0.231. The Kier molecular flexibility index (Phi) is 3.21. The van der Waals surface area contributed by atoms with Crippen molar-refractivity contribution < 1.29 is 8.42 Å². The Morgan fingerprint density at radius 1 is 1.44 bits per heavy atom. The van der Waals surface area contributed by atoms with Gasteiger partial charge in [-0.05, 0) is 24.6 Å². The van der Waals surface area contributed by atoms with Crippen molar-refractivity contribution in [2.45, 2.75) is 17.4 Å². The maximum absolute atomic E-state index is 12.1. The summed E-state index contributed by atoms with van der Waals surface area (Å²) in [6.07, 6.45) is 0.708. The lowest BCUT2D eigenvalue weighted by molar-refractivity contribution is 0.472. The predicted octanol–water partition coefficient (Wildman–Crippen LogP) is 1.06. The van der Waals surface area contributed by atoms with Crippen molar-refractivity contribution in [1.82, 2.24) is 4.31 Å². The zero-order valence-electron chi connectivity index (χ0n) is 8.64. The molecule has 1 aliphatic heterocycles. The average molecular weight is 261 g/mol. The molecule has 1 atom stereocenters. The van der Waals surface area contributed by atoms with Crippen molar-refractivity contribution >= 4 is 21.6 Å². The second kappa shape index (κ2) is 4.33. The molecule has 0 saturated carbocycles. The number of nitrogens with two attached hydrogens (primary N) is 1. The van der Waals surface area contributed by atoms with Gasteiger partial charge in [-0.25, -0.2) is 8.42 Å². The highest BCUT2D eigenvalue weighted by Gasteiger charge is 2.30. The van der Waals surface area contributed by atoms with Crippen molar-refractivity contribution in [2.75, 3.05) is 13.1 Å². The molecule has 1 heterocycles. The molecule has 0 amide bonds. The highest BCUT2D eigenvalue weighted by molar-refractivity contribution is 7.89. The van der Waals surface area contributed by atoms with Crippen molar-refractivity contribution in [3.05, 3.63) is 29.3 Å². The summed E-state index contributed by atoms with van der Waals surface area (Å²) in [5.41, 5.74) is 5.70. The number of nitrogens with zero attached hydrogens (tertiary/aromatic N) is 1. The summed E-state index contributed by atoms with van der Waals surface area (Å²) in [5, 5.41) is 0.421. The molecular weight excluding hydrogens is 248 g/mol. The Labute approximate surface area is 100 Å². The third-order valence-electron chi connectivity index (χ3n) is 2.62. The van der Waals surface area contributed by atoms with Crippen LogP contribution in [0.4, 0.5) is 0 Å². The molecule has 0 spiro atoms. The molecule has 0 bridgehead atoms. The fraction of sp³-hybridized carbons (Fsp3) is 0.400. The Morgan fingerprint density at radius 3 is 2.75 bits per heavy atom. The van der Waals surface area contributed by atoms with Crippen LogP contribution in [0.15, 0.2) is 29.2 Å². The van der Waals surface area contributed by atoms with Crippen LogP contribution < -0.4 is 5.73 Å². The number of halogens is 1. The van der Waals surface area contributed by atoms with E-state index < -0.39 is 10.0 Å². The van der Waals surface area contributed by atoms with Crippen molar-refractivity contribution in [2.24, 2.45) is 5.73 Å². The van der Waals surface area contributed by atoms with E-state index in [1.165, 1.54) is 10.4 Å². The van der Waals surface area contributed by atoms with E-state index in [-0.39, 0.29) is 10.9 Å². The molecule has 0 aromatic heterocycles. The Hall–Kier alpha value is -0.620. The minimum atomic E-state index is -3.43. The highest BCUT2D eigenvalue weighted by Crippen LogP contribution is 2.22. The van der Waals surface area contributed by atoms with Gasteiger partial charge in [0.2, 0.25) is 10.0 Å². The summed E-state index contributed by atoms with van der Waals surface area (Å²) < 4.78 is 25.7. The van der Waals surface area contributed by atoms with E-state index in [2.05, 4.69) is 0 Å². The molecule has 1 aromatic carbocycles. The van der Waals surface area contributed by atoms with Gasteiger partial charge >= 0.3 is 0 Å². The Morgan fingerprint density at radius 2 is 2.19 bits per heavy atom. The second-order valence-electron chi connectivity index (χ2n) is 3.87. The van der Waals surface area contributed by atoms with E-state index in [0.29, 0.717) is 24.5 Å². The molecule has 0 aliphatic carbocycles. The lowest BCUT2D eigenvalue weighted by atomic mass is 10.3. The first-order valence-electron chi connectivity index (χ1n) is 5.01. The predicted molar refractivity (Wildman–Crippen MR) is 62.8 cm³/mol. The van der Waals surface area contributed by atoms with Gasteiger partial charge in [0.25, 0.3) is 0 Å². The number of benzene rings is 1. The van der Waals surface area contributed by atoms with Crippen LogP contribution in [0, 0.1) is 0 Å². The van der Waals surface area contributed by atoms with E-state index >= 15 is 0 Å². The molecule has 16 heavy (non-hydrogen) atoms. The molecule has 2 N–H and O–H groups in total. The summed E-state index contributed by atoms with van der Waals surface area (Å²) in [7, 11) is -3.43. The normalized spacial score (nSPS) is 22.5. The fourth-order valence-electron chi connectivity index (χ4n) is 1.75. The monoisotopic (exact) mass is 260 g/mol. The lowest BCUT2D eigenvalue weighted by Gasteiger charge is -2.15. The van der Waals surface area contributed by atoms with Crippen LogP contribution in [-0.4, -0.2) is 31.9 Å². The first kappa shape index (κ1) is 11.9. The smallest absolute Gasteiger partial charge is 0.243 e. The first-order chi connectivity index (χ1) is 7.50. The SMILES string of the molecule is N[C@H]1CCN(S(=O)(=O)c2cccc(Cl)c2)C1. The van der Waals surface area contributed by atoms with E-state index in [0.717, 1.165) is 0 Å². The van der Waals surface area contributed by atoms with E-state index in [1.54, 1.807) is 18.2 Å². The summed E-state index contributed by atoms with van der Waals surface area (Å²) in [5.74, 6) is 0. The quantitative estimate of drug-likeness (QED) is 0.865. The number of rotatable bonds is 2. The number of hydrogen-bond donors (Lipinski definition) is 1. The molecule has 1 aromatic rings. The summed E-state index contributed by atoms with van der Waals surface area (Å²) in [6.45, 7) is 0.866. The maximum Gasteiger partial charge on any atom is 0.243 e. The van der Waals surface area contributed by atoms with Crippen LogP contribution in [0.1, 0.15) is 6.42 Å². The van der Waals surface area contributed by atoms with E-state index in [9.17, 15) is 8.42 Å². The van der Waals surface area contributed by atoms with Crippen molar-refractivity contribution in [1.29, 1.82) is 0 Å². The minimum Gasteiger partial charge on any atom is -0.326 e. The highest BCUT2D eigenvalue weighted by atomic mass is 35.5. The van der Waals surface area contributed by atoms with E-state index in [1.807, 2.05) is 0 Å². The third-order valence-corrected chi connectivity index (χ3v) is 4.72. The maximum atomic E-state index is 12.1. The topological polar surface area (TPSA) is 63.4 Å². The van der Waals surface area contributed by atoms with Gasteiger partial charge in [0.15, 0.2) is 0 Å². The average Bonchev–Trinajstić information content (AvgIpc) is 2.65. The molecule has 1 aliphatic rings. The van der Waals surface area contributed by atoms with Gasteiger partial charge in [-0.2, -0.15) is 4.31 Å². The molecule has 1 saturated heterocycles. The summed E-state index contributed by atoms with van der Waals surface area (Å²) in [6, 6.07) is 6.22. The molecule has 2 rings (SSSR count). The van der Waals surface area contributed by atoms with Crippen LogP contribution in [0.3, 0.4) is 0 Å². The standard InChI is InChI=1S/C10H13ClN2O2S/c11-8-2-1-3-10(6-8)16(14,15)13-5-4-9(12)7-13/h1-3,6,9H,4-5,7,12H2/t9-/m0/s1. The molecule has 6 heteroatoms. The Balaban J connectivity index is 2.32. The van der Waals surface area contributed by atoms with Gasteiger partial charge in [-0.1, -0.05) is 17.7 Å². The zero-order chi connectivity index (χ0) is 11.8. The van der Waals surface area contributed by atoms with Crippen LogP contribution in [-0.2, 0) is 10.0 Å². The molecule has 0 radical (unpaired) electrons. The van der Waals surface area contributed by atoms with Crippen molar-refractivity contribution in [3.63, 3.8) is 0 Å². The second-order valence-corrected chi connectivity index (χ2v) is 6.24. The van der Waals surface area contributed by atoms with Gasteiger partial charge in [0.05, 0.1) is 4.90 Å². The minimum absolute atomic E-state index is 0.0611. The fourth-order valence-corrected chi connectivity index (χ4v) is 3.56.